The van der Waals surface area contributed by atoms with Gasteiger partial charge in [0, 0.05) is 17.3 Å². The Morgan fingerprint density at radius 1 is 0.960 bits per heavy atom. The summed E-state index contributed by atoms with van der Waals surface area (Å²) in [5.41, 5.74) is 1.19. The second-order valence-electron chi connectivity index (χ2n) is 6.18. The Bertz CT molecular complexity index is 799. The number of nitrogens with one attached hydrogen (secondary N) is 2. The monoisotopic (exact) mass is 338 g/mol. The zero-order chi connectivity index (χ0) is 17.2. The van der Waals surface area contributed by atoms with Crippen molar-refractivity contribution in [1.82, 2.24) is 5.32 Å². The highest BCUT2D eigenvalue weighted by atomic mass is 16.6. The van der Waals surface area contributed by atoms with Gasteiger partial charge in [-0.25, -0.2) is 0 Å². The number of rotatable bonds is 4. The molecule has 25 heavy (non-hydrogen) atoms. The quantitative estimate of drug-likeness (QED) is 0.897. The number of anilines is 1. The molecule has 0 aromatic heterocycles. The number of carbonyl (C=O) groups is 2. The highest BCUT2D eigenvalue weighted by Gasteiger charge is 2.27. The average Bonchev–Trinajstić information content (AvgIpc) is 3.46. The van der Waals surface area contributed by atoms with Crippen LogP contribution < -0.4 is 20.1 Å². The first-order chi connectivity index (χ1) is 12.2. The number of para-hydroxylation sites is 2. The van der Waals surface area contributed by atoms with E-state index >= 15 is 0 Å². The molecular weight excluding hydrogens is 320 g/mol. The Balaban J connectivity index is 1.37. The standard InChI is InChI=1S/C19H18N2O4/c22-18(20-14-9-10-14)12-5-7-13(8-6-12)21-19(23)17-11-24-15-3-1-2-4-16(15)25-17/h1-8,14,17H,9-11H2,(H,20,22)(H,21,23). The lowest BCUT2D eigenvalue weighted by Crippen LogP contribution is -2.40. The van der Waals surface area contributed by atoms with Crippen molar-refractivity contribution in [1.29, 1.82) is 0 Å². The third kappa shape index (κ3) is 3.57. The van der Waals surface area contributed by atoms with E-state index in [1.807, 2.05) is 12.1 Å². The van der Waals surface area contributed by atoms with E-state index in [0.717, 1.165) is 12.8 Å². The van der Waals surface area contributed by atoms with Crippen molar-refractivity contribution < 1.29 is 19.1 Å². The molecule has 1 saturated carbocycles. The smallest absolute Gasteiger partial charge is 0.269 e. The highest BCUT2D eigenvalue weighted by Crippen LogP contribution is 2.31. The maximum atomic E-state index is 12.4. The lowest BCUT2D eigenvalue weighted by atomic mass is 10.2. The maximum Gasteiger partial charge on any atom is 0.269 e. The predicted octanol–water partition coefficient (Wildman–Crippen LogP) is 2.36. The van der Waals surface area contributed by atoms with Gasteiger partial charge in [0.2, 0.25) is 6.10 Å². The molecule has 2 aromatic carbocycles. The van der Waals surface area contributed by atoms with E-state index in [4.69, 9.17) is 9.47 Å². The SMILES string of the molecule is O=C(NC1CC1)c1ccc(NC(=O)C2COc3ccccc3O2)cc1. The Morgan fingerprint density at radius 2 is 1.68 bits per heavy atom. The zero-order valence-electron chi connectivity index (χ0n) is 13.5. The summed E-state index contributed by atoms with van der Waals surface area (Å²) in [6.45, 7) is 0.157. The van der Waals surface area contributed by atoms with Crippen LogP contribution in [0.2, 0.25) is 0 Å². The molecule has 2 N–H and O–H groups in total. The molecule has 2 aliphatic rings. The largest absolute Gasteiger partial charge is 0.485 e. The summed E-state index contributed by atoms with van der Waals surface area (Å²) in [5.74, 6) is 0.823. The first kappa shape index (κ1) is 15.5. The maximum absolute atomic E-state index is 12.4. The molecule has 2 amide bonds. The van der Waals surface area contributed by atoms with E-state index in [1.54, 1.807) is 36.4 Å². The number of carbonyl (C=O) groups excluding carboxylic acids is 2. The van der Waals surface area contributed by atoms with Gasteiger partial charge in [-0.15, -0.1) is 0 Å². The van der Waals surface area contributed by atoms with Crippen LogP contribution in [0.5, 0.6) is 11.5 Å². The van der Waals surface area contributed by atoms with Crippen LogP contribution in [0.1, 0.15) is 23.2 Å². The lowest BCUT2D eigenvalue weighted by Gasteiger charge is -2.25. The third-order valence-electron chi connectivity index (χ3n) is 4.13. The molecule has 128 valence electrons. The molecule has 1 aliphatic carbocycles. The minimum absolute atomic E-state index is 0.0824. The van der Waals surface area contributed by atoms with Gasteiger partial charge in [-0.1, -0.05) is 12.1 Å². The third-order valence-corrected chi connectivity index (χ3v) is 4.13. The molecule has 0 saturated heterocycles. The van der Waals surface area contributed by atoms with Crippen LogP contribution in [0.15, 0.2) is 48.5 Å². The molecular formula is C19H18N2O4. The minimum atomic E-state index is -0.715. The van der Waals surface area contributed by atoms with E-state index in [2.05, 4.69) is 10.6 Å². The number of amides is 2. The summed E-state index contributed by atoms with van der Waals surface area (Å²) in [5, 5.41) is 5.71. The van der Waals surface area contributed by atoms with Crippen molar-refractivity contribution in [3.63, 3.8) is 0 Å². The molecule has 1 unspecified atom stereocenters. The van der Waals surface area contributed by atoms with Gasteiger partial charge in [0.15, 0.2) is 11.5 Å². The molecule has 0 radical (unpaired) electrons. The molecule has 0 bridgehead atoms. The fraction of sp³-hybridized carbons (Fsp3) is 0.263. The molecule has 6 nitrogen and oxygen atoms in total. The van der Waals surface area contributed by atoms with Crippen molar-refractivity contribution in [2.45, 2.75) is 25.0 Å². The predicted molar refractivity (Wildman–Crippen MR) is 91.9 cm³/mol. The first-order valence-corrected chi connectivity index (χ1v) is 8.29. The van der Waals surface area contributed by atoms with Crippen molar-refractivity contribution in [3.05, 3.63) is 54.1 Å². The number of benzene rings is 2. The molecule has 1 atom stereocenters. The number of hydrogen-bond donors (Lipinski definition) is 2. The Morgan fingerprint density at radius 3 is 2.40 bits per heavy atom. The second-order valence-corrected chi connectivity index (χ2v) is 6.18. The van der Waals surface area contributed by atoms with Crippen molar-refractivity contribution >= 4 is 17.5 Å². The van der Waals surface area contributed by atoms with E-state index in [1.165, 1.54) is 0 Å². The van der Waals surface area contributed by atoms with Crippen molar-refractivity contribution in [2.24, 2.45) is 0 Å². The van der Waals surface area contributed by atoms with Gasteiger partial charge in [-0.3, -0.25) is 9.59 Å². The van der Waals surface area contributed by atoms with Gasteiger partial charge in [0.1, 0.15) is 6.61 Å². The van der Waals surface area contributed by atoms with Gasteiger partial charge in [0.05, 0.1) is 0 Å². The molecule has 4 rings (SSSR count). The number of fused-ring (bicyclic) bond motifs is 1. The lowest BCUT2D eigenvalue weighted by molar-refractivity contribution is -0.125. The number of hydrogen-bond acceptors (Lipinski definition) is 4. The Hall–Kier alpha value is -3.02. The van der Waals surface area contributed by atoms with Crippen LogP contribution in [0, 0.1) is 0 Å². The van der Waals surface area contributed by atoms with Crippen LogP contribution in [0.3, 0.4) is 0 Å². The Labute approximate surface area is 145 Å². The topological polar surface area (TPSA) is 76.7 Å². The van der Waals surface area contributed by atoms with Crippen LogP contribution in [0.4, 0.5) is 5.69 Å². The van der Waals surface area contributed by atoms with Gasteiger partial charge >= 0.3 is 0 Å². The van der Waals surface area contributed by atoms with Crippen molar-refractivity contribution in [3.8, 4) is 11.5 Å². The molecule has 1 fully saturated rings. The van der Waals surface area contributed by atoms with E-state index in [0.29, 0.717) is 28.8 Å². The summed E-state index contributed by atoms with van der Waals surface area (Å²) >= 11 is 0. The van der Waals surface area contributed by atoms with Crippen LogP contribution in [-0.2, 0) is 4.79 Å². The van der Waals surface area contributed by atoms with Crippen molar-refractivity contribution in [2.75, 3.05) is 11.9 Å². The normalized spacial score (nSPS) is 18.3. The average molecular weight is 338 g/mol. The zero-order valence-corrected chi connectivity index (χ0v) is 13.5. The van der Waals surface area contributed by atoms with E-state index in [9.17, 15) is 9.59 Å². The molecule has 0 spiro atoms. The van der Waals surface area contributed by atoms with Gasteiger partial charge in [0.25, 0.3) is 11.8 Å². The minimum Gasteiger partial charge on any atom is -0.485 e. The van der Waals surface area contributed by atoms with E-state index < -0.39 is 6.10 Å². The van der Waals surface area contributed by atoms with Gasteiger partial charge in [-0.2, -0.15) is 0 Å². The first-order valence-electron chi connectivity index (χ1n) is 8.29. The fourth-order valence-corrected chi connectivity index (χ4v) is 2.57. The van der Waals surface area contributed by atoms with Crippen LogP contribution >= 0.6 is 0 Å². The summed E-state index contributed by atoms with van der Waals surface area (Å²) in [6, 6.07) is 14.4. The number of ether oxygens (including phenoxy) is 2. The summed E-state index contributed by atoms with van der Waals surface area (Å²) < 4.78 is 11.2. The van der Waals surface area contributed by atoms with Gasteiger partial charge < -0.3 is 20.1 Å². The molecule has 1 aliphatic heterocycles. The van der Waals surface area contributed by atoms with Gasteiger partial charge in [-0.05, 0) is 49.2 Å². The molecule has 2 aromatic rings. The van der Waals surface area contributed by atoms with Crippen LogP contribution in [0.25, 0.3) is 0 Å². The van der Waals surface area contributed by atoms with Crippen LogP contribution in [-0.4, -0.2) is 30.6 Å². The second kappa shape index (κ2) is 6.47. The molecule has 1 heterocycles. The van der Waals surface area contributed by atoms with E-state index in [-0.39, 0.29) is 18.4 Å². The Kier molecular flexibility index (Phi) is 4.01. The summed E-state index contributed by atoms with van der Waals surface area (Å²) in [6.07, 6.45) is 1.38. The molecule has 6 heteroatoms. The fourth-order valence-electron chi connectivity index (χ4n) is 2.57. The summed E-state index contributed by atoms with van der Waals surface area (Å²) in [4.78, 5) is 24.3. The summed E-state index contributed by atoms with van der Waals surface area (Å²) in [7, 11) is 0. The highest BCUT2D eigenvalue weighted by molar-refractivity contribution is 5.97.